The third kappa shape index (κ3) is 2.84. The number of phenols is 1. The number of anilines is 1. The summed E-state index contributed by atoms with van der Waals surface area (Å²) in [5.74, 6) is -0.781. The SMILES string of the molecule is O=C(O)NC1N=C(c2ccccc2)c2cccc(O)c2NC1=O. The second-order valence-electron chi connectivity index (χ2n) is 4.88. The Hall–Kier alpha value is -3.35. The van der Waals surface area contributed by atoms with Gasteiger partial charge in [0.25, 0.3) is 5.91 Å². The highest BCUT2D eigenvalue weighted by atomic mass is 16.4. The smallest absolute Gasteiger partial charge is 0.406 e. The lowest BCUT2D eigenvalue weighted by Crippen LogP contribution is -2.41. The Bertz CT molecular complexity index is 802. The van der Waals surface area contributed by atoms with E-state index in [-0.39, 0.29) is 11.4 Å². The molecule has 0 saturated heterocycles. The molecule has 1 unspecified atom stereocenters. The molecular formula is C16H13N3O4. The summed E-state index contributed by atoms with van der Waals surface area (Å²) in [5.41, 5.74) is 1.83. The molecule has 2 aromatic rings. The molecule has 0 spiro atoms. The van der Waals surface area contributed by atoms with Gasteiger partial charge in [0.2, 0.25) is 6.17 Å². The molecule has 0 radical (unpaired) electrons. The van der Waals surface area contributed by atoms with Crippen LogP contribution in [-0.2, 0) is 4.79 Å². The molecule has 2 amide bonds. The van der Waals surface area contributed by atoms with Crippen LogP contribution in [0.15, 0.2) is 53.5 Å². The van der Waals surface area contributed by atoms with Crippen LogP contribution in [0.1, 0.15) is 11.1 Å². The van der Waals surface area contributed by atoms with E-state index < -0.39 is 18.2 Å². The summed E-state index contributed by atoms with van der Waals surface area (Å²) >= 11 is 0. The van der Waals surface area contributed by atoms with E-state index in [1.165, 1.54) is 6.07 Å². The van der Waals surface area contributed by atoms with E-state index in [9.17, 15) is 14.7 Å². The first-order valence-corrected chi connectivity index (χ1v) is 6.82. The number of rotatable bonds is 2. The summed E-state index contributed by atoms with van der Waals surface area (Å²) in [6, 6.07) is 13.8. The molecule has 1 aliphatic rings. The largest absolute Gasteiger partial charge is 0.506 e. The molecule has 1 heterocycles. The van der Waals surface area contributed by atoms with Crippen molar-refractivity contribution in [1.29, 1.82) is 0 Å². The van der Waals surface area contributed by atoms with Gasteiger partial charge in [-0.2, -0.15) is 0 Å². The summed E-state index contributed by atoms with van der Waals surface area (Å²) in [5, 5.41) is 23.5. The normalized spacial score (nSPS) is 16.6. The first-order valence-electron chi connectivity index (χ1n) is 6.82. The number of para-hydroxylation sites is 1. The van der Waals surface area contributed by atoms with Gasteiger partial charge in [-0.3, -0.25) is 10.1 Å². The van der Waals surface area contributed by atoms with Gasteiger partial charge >= 0.3 is 6.09 Å². The minimum absolute atomic E-state index is 0.115. The van der Waals surface area contributed by atoms with Crippen LogP contribution in [0.25, 0.3) is 0 Å². The molecule has 0 bridgehead atoms. The molecule has 7 nitrogen and oxygen atoms in total. The van der Waals surface area contributed by atoms with Crippen LogP contribution in [-0.4, -0.2) is 34.1 Å². The third-order valence-electron chi connectivity index (χ3n) is 3.36. The maximum absolute atomic E-state index is 12.2. The quantitative estimate of drug-likeness (QED) is 0.633. The van der Waals surface area contributed by atoms with E-state index in [0.717, 1.165) is 0 Å². The number of nitrogens with zero attached hydrogens (tertiary/aromatic N) is 1. The van der Waals surface area contributed by atoms with Gasteiger partial charge in [-0.25, -0.2) is 9.79 Å². The standard InChI is InChI=1S/C16H13N3O4/c20-11-8-4-7-10-12(9-5-2-1-3-6-9)17-14(19-16(22)23)15(21)18-13(10)11/h1-8,14,19-20H,(H,18,21)(H,22,23). The minimum Gasteiger partial charge on any atom is -0.506 e. The molecule has 116 valence electrons. The fourth-order valence-electron chi connectivity index (χ4n) is 2.36. The Morgan fingerprint density at radius 1 is 1.13 bits per heavy atom. The van der Waals surface area contributed by atoms with Gasteiger partial charge in [-0.05, 0) is 6.07 Å². The van der Waals surface area contributed by atoms with Gasteiger partial charge in [-0.1, -0.05) is 42.5 Å². The molecule has 23 heavy (non-hydrogen) atoms. The summed E-state index contributed by atoms with van der Waals surface area (Å²) in [6.07, 6.45) is -2.68. The number of hydrogen-bond donors (Lipinski definition) is 4. The lowest BCUT2D eigenvalue weighted by atomic mass is 10.0. The maximum atomic E-state index is 12.2. The average Bonchev–Trinajstić information content (AvgIpc) is 2.67. The molecule has 1 aliphatic heterocycles. The van der Waals surface area contributed by atoms with Gasteiger partial charge < -0.3 is 15.5 Å². The van der Waals surface area contributed by atoms with Crippen molar-refractivity contribution >= 4 is 23.4 Å². The van der Waals surface area contributed by atoms with Crippen molar-refractivity contribution < 1.29 is 19.8 Å². The van der Waals surface area contributed by atoms with Crippen LogP contribution in [0.5, 0.6) is 5.75 Å². The van der Waals surface area contributed by atoms with E-state index >= 15 is 0 Å². The zero-order valence-corrected chi connectivity index (χ0v) is 11.9. The van der Waals surface area contributed by atoms with Crippen molar-refractivity contribution in [1.82, 2.24) is 5.32 Å². The van der Waals surface area contributed by atoms with Crippen molar-refractivity contribution in [3.63, 3.8) is 0 Å². The molecule has 0 aromatic heterocycles. The number of aromatic hydroxyl groups is 1. The molecule has 4 N–H and O–H groups in total. The summed E-state index contributed by atoms with van der Waals surface area (Å²) in [4.78, 5) is 27.3. The number of hydrogen-bond acceptors (Lipinski definition) is 4. The van der Waals surface area contributed by atoms with Crippen molar-refractivity contribution in [3.8, 4) is 5.75 Å². The number of fused-ring (bicyclic) bond motifs is 1. The molecule has 7 heteroatoms. The molecule has 2 aromatic carbocycles. The Morgan fingerprint density at radius 2 is 1.87 bits per heavy atom. The number of nitrogens with one attached hydrogen (secondary N) is 2. The number of benzene rings is 2. The van der Waals surface area contributed by atoms with Crippen LogP contribution >= 0.6 is 0 Å². The second-order valence-corrected chi connectivity index (χ2v) is 4.88. The Kier molecular flexibility index (Phi) is 3.68. The number of aliphatic imine (C=N–C) groups is 1. The van der Waals surface area contributed by atoms with Gasteiger partial charge in [0, 0.05) is 11.1 Å². The summed E-state index contributed by atoms with van der Waals surface area (Å²) in [7, 11) is 0. The van der Waals surface area contributed by atoms with Crippen molar-refractivity contribution in [2.45, 2.75) is 6.17 Å². The lowest BCUT2D eigenvalue weighted by molar-refractivity contribution is -0.117. The van der Waals surface area contributed by atoms with Gasteiger partial charge in [0.05, 0.1) is 11.4 Å². The summed E-state index contributed by atoms with van der Waals surface area (Å²) in [6.45, 7) is 0. The molecule has 0 fully saturated rings. The van der Waals surface area contributed by atoms with Gasteiger partial charge in [0.1, 0.15) is 5.75 Å². The van der Waals surface area contributed by atoms with Crippen LogP contribution < -0.4 is 10.6 Å². The van der Waals surface area contributed by atoms with Crippen molar-refractivity contribution in [3.05, 3.63) is 59.7 Å². The number of benzodiazepines with no additional fused rings is 1. The van der Waals surface area contributed by atoms with Gasteiger partial charge in [-0.15, -0.1) is 0 Å². The van der Waals surface area contributed by atoms with E-state index in [1.54, 1.807) is 36.4 Å². The molecular weight excluding hydrogens is 298 g/mol. The van der Waals surface area contributed by atoms with Crippen molar-refractivity contribution in [2.75, 3.05) is 5.32 Å². The topological polar surface area (TPSA) is 111 Å². The first-order chi connectivity index (χ1) is 11.1. The fourth-order valence-corrected chi connectivity index (χ4v) is 2.36. The monoisotopic (exact) mass is 311 g/mol. The van der Waals surface area contributed by atoms with Crippen molar-refractivity contribution in [2.24, 2.45) is 4.99 Å². The predicted octanol–water partition coefficient (Wildman–Crippen LogP) is 1.78. The molecule has 0 aliphatic carbocycles. The first kappa shape index (κ1) is 14.6. The molecule has 1 atom stereocenters. The minimum atomic E-state index is -1.36. The zero-order valence-electron chi connectivity index (χ0n) is 11.9. The Morgan fingerprint density at radius 3 is 2.57 bits per heavy atom. The predicted molar refractivity (Wildman–Crippen MR) is 83.8 cm³/mol. The molecule has 3 rings (SSSR count). The van der Waals surface area contributed by atoms with Crippen LogP contribution in [0.2, 0.25) is 0 Å². The number of amides is 2. The second kappa shape index (κ2) is 5.80. The highest BCUT2D eigenvalue weighted by Crippen LogP contribution is 2.31. The maximum Gasteiger partial charge on any atom is 0.406 e. The lowest BCUT2D eigenvalue weighted by Gasteiger charge is -2.11. The Labute approximate surface area is 131 Å². The zero-order chi connectivity index (χ0) is 16.4. The van der Waals surface area contributed by atoms with Crippen LogP contribution in [0, 0.1) is 0 Å². The van der Waals surface area contributed by atoms with Crippen LogP contribution in [0.4, 0.5) is 10.5 Å². The van der Waals surface area contributed by atoms with Gasteiger partial charge in [0.15, 0.2) is 0 Å². The van der Waals surface area contributed by atoms with E-state index in [4.69, 9.17) is 5.11 Å². The average molecular weight is 311 g/mol. The van der Waals surface area contributed by atoms with E-state index in [0.29, 0.717) is 16.8 Å². The number of carboxylic acid groups (broad SMARTS) is 1. The third-order valence-corrected chi connectivity index (χ3v) is 3.36. The molecule has 0 saturated carbocycles. The number of phenolic OH excluding ortho intramolecular Hbond substituents is 1. The summed E-state index contributed by atoms with van der Waals surface area (Å²) < 4.78 is 0. The van der Waals surface area contributed by atoms with E-state index in [2.05, 4.69) is 15.6 Å². The highest BCUT2D eigenvalue weighted by Gasteiger charge is 2.28. The van der Waals surface area contributed by atoms with E-state index in [1.807, 2.05) is 6.07 Å². The fraction of sp³-hybridized carbons (Fsp3) is 0.0625. The number of carbonyl (C=O) groups excluding carboxylic acids is 1. The Balaban J connectivity index is 2.19. The van der Waals surface area contributed by atoms with Crippen LogP contribution in [0.3, 0.4) is 0 Å². The number of carbonyl (C=O) groups is 2. The highest BCUT2D eigenvalue weighted by molar-refractivity contribution is 6.20.